The predicted molar refractivity (Wildman–Crippen MR) is 105 cm³/mol. The van der Waals surface area contributed by atoms with Crippen molar-refractivity contribution in [3.05, 3.63) is 75.7 Å². The zero-order valence-electron chi connectivity index (χ0n) is 15.5. The van der Waals surface area contributed by atoms with Gasteiger partial charge in [-0.15, -0.1) is 0 Å². The highest BCUT2D eigenvalue weighted by Crippen LogP contribution is 2.15. The third kappa shape index (κ3) is 4.80. The van der Waals surface area contributed by atoms with E-state index in [2.05, 4.69) is 15.5 Å². The second kappa shape index (κ2) is 7.72. The number of rotatable bonds is 6. The van der Waals surface area contributed by atoms with Gasteiger partial charge < -0.3 is 10.4 Å². The summed E-state index contributed by atoms with van der Waals surface area (Å²) in [7, 11) is 0. The van der Waals surface area contributed by atoms with Crippen LogP contribution in [0.25, 0.3) is 10.8 Å². The number of benzene rings is 2. The molecule has 27 heavy (non-hydrogen) atoms. The van der Waals surface area contributed by atoms with Gasteiger partial charge in [0.25, 0.3) is 11.5 Å². The molecule has 0 saturated heterocycles. The first kappa shape index (κ1) is 18.8. The minimum atomic E-state index is -0.741. The summed E-state index contributed by atoms with van der Waals surface area (Å²) >= 11 is 0. The van der Waals surface area contributed by atoms with E-state index in [9.17, 15) is 14.7 Å². The van der Waals surface area contributed by atoms with E-state index in [4.69, 9.17) is 0 Å². The molecule has 0 atom stereocenters. The molecule has 3 aromatic rings. The summed E-state index contributed by atoms with van der Waals surface area (Å²) in [5.74, 6) is -0.211. The first-order valence-corrected chi connectivity index (χ1v) is 8.89. The predicted octanol–water partition coefficient (Wildman–Crippen LogP) is 2.56. The van der Waals surface area contributed by atoms with Crippen molar-refractivity contribution in [2.24, 2.45) is 0 Å². The second-order valence-electron chi connectivity index (χ2n) is 7.24. The molecule has 3 rings (SSSR count). The Morgan fingerprint density at radius 3 is 2.63 bits per heavy atom. The number of hydrogen-bond donors (Lipinski definition) is 3. The van der Waals surface area contributed by atoms with Crippen LogP contribution in [0.1, 0.15) is 41.9 Å². The van der Waals surface area contributed by atoms with Crippen molar-refractivity contribution >= 4 is 16.7 Å². The fourth-order valence-corrected chi connectivity index (χ4v) is 2.89. The van der Waals surface area contributed by atoms with Gasteiger partial charge in [-0.25, -0.2) is 5.10 Å². The number of carbonyl (C=O) groups is 1. The fraction of sp³-hybridized carbons (Fsp3) is 0.286. The first-order chi connectivity index (χ1) is 12.8. The summed E-state index contributed by atoms with van der Waals surface area (Å²) in [6.45, 7) is 3.75. The Hall–Kier alpha value is -2.99. The van der Waals surface area contributed by atoms with Gasteiger partial charge in [-0.1, -0.05) is 30.3 Å². The van der Waals surface area contributed by atoms with E-state index in [-0.39, 0.29) is 18.0 Å². The van der Waals surface area contributed by atoms with Crippen LogP contribution in [-0.2, 0) is 13.0 Å². The van der Waals surface area contributed by atoms with Crippen LogP contribution in [-0.4, -0.2) is 26.8 Å². The van der Waals surface area contributed by atoms with E-state index in [1.54, 1.807) is 32.0 Å². The zero-order valence-corrected chi connectivity index (χ0v) is 15.5. The number of aliphatic hydroxyl groups is 1. The number of amides is 1. The Bertz CT molecular complexity index is 1020. The molecule has 6 heteroatoms. The molecule has 0 bridgehead atoms. The monoisotopic (exact) mass is 365 g/mol. The molecule has 0 radical (unpaired) electrons. The van der Waals surface area contributed by atoms with Crippen LogP contribution in [0.5, 0.6) is 0 Å². The molecule has 140 valence electrons. The van der Waals surface area contributed by atoms with Crippen LogP contribution in [0.4, 0.5) is 0 Å². The van der Waals surface area contributed by atoms with Crippen LogP contribution < -0.4 is 10.9 Å². The Morgan fingerprint density at radius 1 is 1.15 bits per heavy atom. The number of nitrogens with zero attached hydrogens (tertiary/aromatic N) is 1. The second-order valence-corrected chi connectivity index (χ2v) is 7.24. The molecule has 6 nitrogen and oxygen atoms in total. The Labute approximate surface area is 157 Å². The zero-order chi connectivity index (χ0) is 19.4. The number of H-pyrrole nitrogens is 1. The molecular formula is C21H23N3O3. The summed E-state index contributed by atoms with van der Waals surface area (Å²) in [5, 5.41) is 20.5. The molecule has 0 aliphatic carbocycles. The number of aromatic nitrogens is 2. The normalized spacial score (nSPS) is 11.5. The first-order valence-electron chi connectivity index (χ1n) is 8.89. The van der Waals surface area contributed by atoms with E-state index in [1.807, 2.05) is 30.3 Å². The molecule has 0 fully saturated rings. The maximum Gasteiger partial charge on any atom is 0.272 e. The van der Waals surface area contributed by atoms with Crippen molar-refractivity contribution in [1.82, 2.24) is 15.5 Å². The summed E-state index contributed by atoms with van der Waals surface area (Å²) in [5.41, 5.74) is 1.17. The molecule has 0 unspecified atom stereocenters. The smallest absolute Gasteiger partial charge is 0.272 e. The van der Waals surface area contributed by atoms with Crippen molar-refractivity contribution < 1.29 is 9.90 Å². The highest BCUT2D eigenvalue weighted by molar-refractivity contribution is 5.94. The van der Waals surface area contributed by atoms with Crippen LogP contribution in [0.2, 0.25) is 0 Å². The molecule has 1 amide bonds. The lowest BCUT2D eigenvalue weighted by Crippen LogP contribution is -2.25. The minimum Gasteiger partial charge on any atom is -0.390 e. The van der Waals surface area contributed by atoms with Crippen LogP contribution in [0.3, 0.4) is 0 Å². The van der Waals surface area contributed by atoms with Gasteiger partial charge in [-0.2, -0.15) is 5.10 Å². The Balaban J connectivity index is 1.72. The number of aromatic amines is 1. The van der Waals surface area contributed by atoms with Gasteiger partial charge in [0.05, 0.1) is 23.2 Å². The lowest BCUT2D eigenvalue weighted by Gasteiger charge is -2.16. The SMILES string of the molecule is CC(C)(O)CCc1cccc(C(=O)NCc2n[nH]c(=O)c3ccccc23)c1. The van der Waals surface area contributed by atoms with Gasteiger partial charge in [0.1, 0.15) is 0 Å². The molecule has 0 saturated carbocycles. The largest absolute Gasteiger partial charge is 0.390 e. The quantitative estimate of drug-likeness (QED) is 0.626. The van der Waals surface area contributed by atoms with E-state index in [0.29, 0.717) is 29.5 Å². The van der Waals surface area contributed by atoms with Crippen molar-refractivity contribution in [2.75, 3.05) is 0 Å². The fourth-order valence-electron chi connectivity index (χ4n) is 2.89. The third-order valence-electron chi connectivity index (χ3n) is 4.41. The van der Waals surface area contributed by atoms with Crippen LogP contribution in [0.15, 0.2) is 53.3 Å². The summed E-state index contributed by atoms with van der Waals surface area (Å²) in [6, 6.07) is 14.5. The highest BCUT2D eigenvalue weighted by atomic mass is 16.3. The van der Waals surface area contributed by atoms with Gasteiger partial charge in [0.2, 0.25) is 0 Å². The van der Waals surface area contributed by atoms with Crippen molar-refractivity contribution in [1.29, 1.82) is 0 Å². The summed E-state index contributed by atoms with van der Waals surface area (Å²) in [6.07, 6.45) is 1.31. The van der Waals surface area contributed by atoms with Gasteiger partial charge in [-0.3, -0.25) is 9.59 Å². The summed E-state index contributed by atoms with van der Waals surface area (Å²) in [4.78, 5) is 24.4. The number of nitrogens with one attached hydrogen (secondary N) is 2. The lowest BCUT2D eigenvalue weighted by atomic mass is 9.98. The van der Waals surface area contributed by atoms with E-state index < -0.39 is 5.60 Å². The summed E-state index contributed by atoms with van der Waals surface area (Å²) < 4.78 is 0. The lowest BCUT2D eigenvalue weighted by molar-refractivity contribution is 0.0714. The molecule has 2 aromatic carbocycles. The van der Waals surface area contributed by atoms with Gasteiger partial charge >= 0.3 is 0 Å². The molecular weight excluding hydrogens is 342 g/mol. The molecule has 0 spiro atoms. The average molecular weight is 365 g/mol. The Kier molecular flexibility index (Phi) is 5.37. The van der Waals surface area contributed by atoms with Crippen molar-refractivity contribution in [3.63, 3.8) is 0 Å². The average Bonchev–Trinajstić information content (AvgIpc) is 2.65. The molecule has 3 N–H and O–H groups in total. The maximum atomic E-state index is 12.5. The molecule has 0 aliphatic rings. The van der Waals surface area contributed by atoms with Gasteiger partial charge in [0.15, 0.2) is 0 Å². The van der Waals surface area contributed by atoms with E-state index in [0.717, 1.165) is 10.9 Å². The van der Waals surface area contributed by atoms with Crippen molar-refractivity contribution in [3.8, 4) is 0 Å². The highest BCUT2D eigenvalue weighted by Gasteiger charge is 2.13. The van der Waals surface area contributed by atoms with Crippen molar-refractivity contribution in [2.45, 2.75) is 38.8 Å². The standard InChI is InChI=1S/C21H23N3O3/c1-21(2,27)11-10-14-6-5-7-15(12-14)19(25)22-13-18-16-8-3-4-9-17(16)20(26)24-23-18/h3-9,12,27H,10-11,13H2,1-2H3,(H,22,25)(H,24,26). The van der Waals surface area contributed by atoms with Gasteiger partial charge in [0, 0.05) is 10.9 Å². The maximum absolute atomic E-state index is 12.5. The number of fused-ring (bicyclic) bond motifs is 1. The molecule has 1 heterocycles. The van der Waals surface area contributed by atoms with Crippen LogP contribution >= 0.6 is 0 Å². The number of aryl methyl sites for hydroxylation is 1. The molecule has 1 aromatic heterocycles. The van der Waals surface area contributed by atoms with E-state index >= 15 is 0 Å². The number of carbonyl (C=O) groups excluding carboxylic acids is 1. The molecule has 0 aliphatic heterocycles. The van der Waals surface area contributed by atoms with Gasteiger partial charge in [-0.05, 0) is 50.5 Å². The number of hydrogen-bond acceptors (Lipinski definition) is 4. The Morgan fingerprint density at radius 2 is 1.89 bits per heavy atom. The minimum absolute atomic E-state index is 0.211. The van der Waals surface area contributed by atoms with Crippen LogP contribution in [0, 0.1) is 0 Å². The topological polar surface area (TPSA) is 95.1 Å². The van der Waals surface area contributed by atoms with E-state index in [1.165, 1.54) is 0 Å². The third-order valence-corrected chi connectivity index (χ3v) is 4.41.